The molecule has 0 spiro atoms. The van der Waals surface area contributed by atoms with Gasteiger partial charge in [-0.25, -0.2) is 0 Å². The minimum Gasteiger partial charge on any atom is -0.277 e. The van der Waals surface area contributed by atoms with Gasteiger partial charge in [0, 0.05) is 49.4 Å². The van der Waals surface area contributed by atoms with Crippen molar-refractivity contribution in [1.82, 2.24) is 13.7 Å². The van der Waals surface area contributed by atoms with Crippen LogP contribution < -0.4 is 33.1 Å². The molecule has 0 saturated carbocycles. The Hall–Kier alpha value is -6.21. The molecule has 3 aliphatic heterocycles. The maximum absolute atomic E-state index is 14.6. The number of benzene rings is 6. The summed E-state index contributed by atoms with van der Waals surface area (Å²) >= 11 is 0. The van der Waals surface area contributed by atoms with Crippen LogP contribution >= 0.6 is 0 Å². The van der Waals surface area contributed by atoms with E-state index in [1.165, 1.54) is 0 Å². The summed E-state index contributed by atoms with van der Waals surface area (Å²) in [6.45, 7) is -0.280. The standard InChI is InChI=1S/C39H18BN3O3/c44-37-23-11-4-1-8-19(23)22-16-17-30-32-34(22)41(37)28-14-7-15-29-31(28)40(32)33-35-26(20-9-2-5-12-24(20)38(45)42(29)35)18-27-21-10-3-6-13-25(21)39(46)43(30)36(27)33/h1-18H. The van der Waals surface area contributed by atoms with Gasteiger partial charge in [-0.15, -0.1) is 0 Å². The molecule has 210 valence electrons. The van der Waals surface area contributed by atoms with E-state index in [1.807, 2.05) is 105 Å². The smallest absolute Gasteiger partial charge is 0.263 e. The van der Waals surface area contributed by atoms with E-state index in [-0.39, 0.29) is 23.4 Å². The van der Waals surface area contributed by atoms with Crippen molar-refractivity contribution in [2.45, 2.75) is 0 Å². The van der Waals surface area contributed by atoms with Crippen molar-refractivity contribution in [3.8, 4) is 17.1 Å². The minimum absolute atomic E-state index is 0.109. The Morgan fingerprint density at radius 1 is 0.348 bits per heavy atom. The molecule has 0 radical (unpaired) electrons. The zero-order valence-electron chi connectivity index (χ0n) is 24.0. The molecule has 12 rings (SSSR count). The van der Waals surface area contributed by atoms with Crippen LogP contribution in [0.5, 0.6) is 0 Å². The molecule has 0 fully saturated rings. The van der Waals surface area contributed by atoms with Crippen LogP contribution in [0.25, 0.3) is 82.1 Å². The van der Waals surface area contributed by atoms with E-state index in [9.17, 15) is 14.4 Å². The molecular formula is C39H18BN3O3. The molecule has 7 heteroatoms. The van der Waals surface area contributed by atoms with E-state index in [4.69, 9.17) is 0 Å². The van der Waals surface area contributed by atoms with Gasteiger partial charge in [-0.1, -0.05) is 66.7 Å². The Bertz CT molecular complexity index is 3220. The summed E-state index contributed by atoms with van der Waals surface area (Å²) in [6, 6.07) is 35.6. The first-order chi connectivity index (χ1) is 22.6. The van der Waals surface area contributed by atoms with E-state index < -0.39 is 0 Å². The number of fused-ring (bicyclic) bond motifs is 9. The Morgan fingerprint density at radius 3 is 1.26 bits per heavy atom. The maximum atomic E-state index is 14.6. The van der Waals surface area contributed by atoms with Crippen LogP contribution in [0, 0.1) is 0 Å². The molecule has 0 N–H and O–H groups in total. The summed E-state index contributed by atoms with van der Waals surface area (Å²) in [5.41, 5.74) is 7.29. The summed E-state index contributed by atoms with van der Waals surface area (Å²) in [6.07, 6.45) is 0. The number of pyridine rings is 3. The van der Waals surface area contributed by atoms with Crippen LogP contribution in [-0.4, -0.2) is 20.4 Å². The van der Waals surface area contributed by atoms with E-state index in [2.05, 4.69) is 18.2 Å². The Morgan fingerprint density at radius 2 is 0.761 bits per heavy atom. The zero-order valence-corrected chi connectivity index (χ0v) is 24.0. The predicted molar refractivity (Wildman–Crippen MR) is 186 cm³/mol. The topological polar surface area (TPSA) is 66.0 Å². The van der Waals surface area contributed by atoms with Crippen LogP contribution in [-0.2, 0) is 0 Å². The van der Waals surface area contributed by atoms with E-state index in [1.54, 1.807) is 0 Å². The molecule has 0 atom stereocenters. The number of aromatic nitrogens is 3. The van der Waals surface area contributed by atoms with E-state index in [0.717, 1.165) is 82.3 Å². The third kappa shape index (κ3) is 2.28. The highest BCUT2D eigenvalue weighted by molar-refractivity contribution is 7.02. The van der Waals surface area contributed by atoms with Crippen molar-refractivity contribution in [1.29, 1.82) is 0 Å². The second-order valence-electron chi connectivity index (χ2n) is 12.7. The molecule has 0 saturated heterocycles. The molecule has 3 aromatic heterocycles. The van der Waals surface area contributed by atoms with Crippen LogP contribution in [0.2, 0.25) is 0 Å². The molecule has 6 aromatic carbocycles. The van der Waals surface area contributed by atoms with Crippen LogP contribution in [0.1, 0.15) is 0 Å². The van der Waals surface area contributed by atoms with Gasteiger partial charge >= 0.3 is 0 Å². The van der Waals surface area contributed by atoms with E-state index in [0.29, 0.717) is 16.2 Å². The number of nitrogens with zero attached hydrogens (tertiary/aromatic N) is 3. The first kappa shape index (κ1) is 23.2. The number of rotatable bonds is 0. The van der Waals surface area contributed by atoms with Crippen molar-refractivity contribution in [2.24, 2.45) is 0 Å². The molecular weight excluding hydrogens is 569 g/mol. The lowest BCUT2D eigenvalue weighted by atomic mass is 9.32. The Balaban J connectivity index is 1.50. The summed E-state index contributed by atoms with van der Waals surface area (Å²) in [4.78, 5) is 43.7. The fraction of sp³-hybridized carbons (Fsp3) is 0. The predicted octanol–water partition coefficient (Wildman–Crippen LogP) is 4.51. The van der Waals surface area contributed by atoms with Gasteiger partial charge < -0.3 is 0 Å². The molecule has 46 heavy (non-hydrogen) atoms. The first-order valence-electron chi connectivity index (χ1n) is 15.5. The van der Waals surface area contributed by atoms with Gasteiger partial charge in [-0.3, -0.25) is 28.1 Å². The Kier molecular flexibility index (Phi) is 3.71. The SMILES string of the molecule is O=c1c2ccccc2c2ccc3c4c2n1-c1cccc2c1B4c1c4c(cc5c6ccccc6c(=O)n-3c15)c1ccccc1c(=O)n4-2. The van der Waals surface area contributed by atoms with E-state index >= 15 is 0 Å². The van der Waals surface area contributed by atoms with Gasteiger partial charge in [0.05, 0.1) is 16.6 Å². The van der Waals surface area contributed by atoms with Gasteiger partial charge in [0.2, 0.25) is 0 Å². The summed E-state index contributed by atoms with van der Waals surface area (Å²) in [7, 11) is 0. The normalized spacial score (nSPS) is 13.4. The second-order valence-corrected chi connectivity index (χ2v) is 12.7. The highest BCUT2D eigenvalue weighted by Crippen LogP contribution is 2.39. The zero-order chi connectivity index (χ0) is 30.2. The number of hydrogen-bond donors (Lipinski definition) is 0. The van der Waals surface area contributed by atoms with Crippen LogP contribution in [0.15, 0.2) is 124 Å². The van der Waals surface area contributed by atoms with Crippen molar-refractivity contribution in [3.63, 3.8) is 0 Å². The van der Waals surface area contributed by atoms with Gasteiger partial charge in [0.25, 0.3) is 23.4 Å². The van der Waals surface area contributed by atoms with Crippen LogP contribution in [0.4, 0.5) is 0 Å². The summed E-state index contributed by atoms with van der Waals surface area (Å²) < 4.78 is 5.52. The lowest BCUT2D eigenvalue weighted by Gasteiger charge is -2.39. The van der Waals surface area contributed by atoms with Crippen molar-refractivity contribution < 1.29 is 0 Å². The van der Waals surface area contributed by atoms with Gasteiger partial charge in [-0.05, 0) is 75.0 Å². The molecule has 0 unspecified atom stereocenters. The van der Waals surface area contributed by atoms with Gasteiger partial charge in [-0.2, -0.15) is 0 Å². The van der Waals surface area contributed by atoms with Crippen molar-refractivity contribution >= 4 is 88.1 Å². The summed E-state index contributed by atoms with van der Waals surface area (Å²) in [5, 5.41) is 7.48. The minimum atomic E-state index is -0.280. The molecule has 0 aliphatic carbocycles. The van der Waals surface area contributed by atoms with Crippen LogP contribution in [0.3, 0.4) is 0 Å². The summed E-state index contributed by atoms with van der Waals surface area (Å²) in [5.74, 6) is 0. The quantitative estimate of drug-likeness (QED) is 0.149. The molecule has 9 aromatic rings. The molecule has 0 amide bonds. The average Bonchev–Trinajstić information content (AvgIpc) is 3.10. The first-order valence-corrected chi connectivity index (χ1v) is 15.5. The fourth-order valence-corrected chi connectivity index (χ4v) is 9.11. The largest absolute Gasteiger partial charge is 0.277 e. The average molecular weight is 587 g/mol. The van der Waals surface area contributed by atoms with Gasteiger partial charge in [0.1, 0.15) is 0 Å². The lowest BCUT2D eigenvalue weighted by Crippen LogP contribution is -2.64. The monoisotopic (exact) mass is 587 g/mol. The molecule has 6 nitrogen and oxygen atoms in total. The maximum Gasteiger partial charge on any atom is 0.263 e. The third-order valence-corrected chi connectivity index (χ3v) is 10.8. The Labute approximate surface area is 258 Å². The molecule has 0 bridgehead atoms. The fourth-order valence-electron chi connectivity index (χ4n) is 9.11. The molecule has 3 aliphatic rings. The third-order valence-electron chi connectivity index (χ3n) is 10.8. The van der Waals surface area contributed by atoms with Crippen molar-refractivity contribution in [3.05, 3.63) is 140 Å². The highest BCUT2D eigenvalue weighted by atomic mass is 16.1. The van der Waals surface area contributed by atoms with Crippen molar-refractivity contribution in [2.75, 3.05) is 0 Å². The molecule has 6 heterocycles. The lowest BCUT2D eigenvalue weighted by molar-refractivity contribution is 1.02. The van der Waals surface area contributed by atoms with Gasteiger partial charge in [0.15, 0.2) is 0 Å². The number of hydrogen-bond acceptors (Lipinski definition) is 3. The second kappa shape index (κ2) is 7.36. The highest BCUT2D eigenvalue weighted by Gasteiger charge is 2.46.